The Morgan fingerprint density at radius 3 is 2.42 bits per heavy atom. The van der Waals surface area contributed by atoms with Gasteiger partial charge in [-0.2, -0.15) is 0 Å². The number of rotatable bonds is 2. The number of hydrogen-bond acceptors (Lipinski definition) is 1. The van der Waals surface area contributed by atoms with E-state index in [4.69, 9.17) is 11.6 Å². The van der Waals surface area contributed by atoms with Gasteiger partial charge in [0, 0.05) is 0 Å². The zero-order chi connectivity index (χ0) is 8.97. The van der Waals surface area contributed by atoms with Crippen molar-refractivity contribution in [2.45, 2.75) is 32.6 Å². The lowest BCUT2D eigenvalue weighted by Crippen LogP contribution is -2.10. The highest BCUT2D eigenvalue weighted by molar-refractivity contribution is 6.66. The Morgan fingerprint density at radius 2 is 1.92 bits per heavy atom. The Bertz CT molecular complexity index is 178. The van der Waals surface area contributed by atoms with E-state index in [1.807, 2.05) is 6.08 Å². The lowest BCUT2D eigenvalue weighted by Gasteiger charge is -2.23. The van der Waals surface area contributed by atoms with Crippen LogP contribution in [0.25, 0.3) is 0 Å². The molecule has 0 radical (unpaired) electrons. The van der Waals surface area contributed by atoms with Crippen LogP contribution in [-0.2, 0) is 4.79 Å². The average Bonchev–Trinajstić information content (AvgIpc) is 2.03. The maximum Gasteiger partial charge on any atom is 0.244 e. The number of carbonyl (C=O) groups is 1. The Kier molecular flexibility index (Phi) is 3.80. The van der Waals surface area contributed by atoms with E-state index in [1.165, 1.54) is 31.8 Å². The van der Waals surface area contributed by atoms with E-state index < -0.39 is 0 Å². The predicted octanol–water partition coefficient (Wildman–Crippen LogP) is 3.13. The van der Waals surface area contributed by atoms with Gasteiger partial charge in [-0.25, -0.2) is 0 Å². The van der Waals surface area contributed by atoms with Crippen molar-refractivity contribution in [1.29, 1.82) is 0 Å². The summed E-state index contributed by atoms with van der Waals surface area (Å²) in [6, 6.07) is 0. The summed E-state index contributed by atoms with van der Waals surface area (Å²) in [5.74, 6) is 1.45. The molecule has 0 aromatic carbocycles. The molecule has 0 amide bonds. The second-order valence-corrected chi connectivity index (χ2v) is 4.06. The maximum absolute atomic E-state index is 10.4. The molecule has 1 aliphatic carbocycles. The first kappa shape index (κ1) is 9.79. The summed E-state index contributed by atoms with van der Waals surface area (Å²) in [5, 5.41) is -0.353. The van der Waals surface area contributed by atoms with Crippen molar-refractivity contribution in [3.8, 4) is 0 Å². The summed E-state index contributed by atoms with van der Waals surface area (Å²) in [6.45, 7) is 2.28. The smallest absolute Gasteiger partial charge is 0.244 e. The van der Waals surface area contributed by atoms with Crippen LogP contribution >= 0.6 is 11.6 Å². The topological polar surface area (TPSA) is 17.1 Å². The summed E-state index contributed by atoms with van der Waals surface area (Å²) in [7, 11) is 0. The summed E-state index contributed by atoms with van der Waals surface area (Å²) in [6.07, 6.45) is 8.43. The molecule has 1 nitrogen and oxygen atoms in total. The minimum absolute atomic E-state index is 0.353. The lowest BCUT2D eigenvalue weighted by atomic mass is 9.83. The fourth-order valence-electron chi connectivity index (χ4n) is 1.69. The molecule has 1 rings (SSSR count). The SMILES string of the molecule is CC1CCC(C=CC(=O)Cl)CC1. The number of halogens is 1. The molecule has 0 saturated heterocycles. The summed E-state index contributed by atoms with van der Waals surface area (Å²) in [5.41, 5.74) is 0. The molecule has 0 heterocycles. The molecule has 12 heavy (non-hydrogen) atoms. The maximum atomic E-state index is 10.4. The average molecular weight is 187 g/mol. The fraction of sp³-hybridized carbons (Fsp3) is 0.700. The van der Waals surface area contributed by atoms with Gasteiger partial charge in [0.2, 0.25) is 5.24 Å². The van der Waals surface area contributed by atoms with Crippen molar-refractivity contribution in [2.75, 3.05) is 0 Å². The third-order valence-electron chi connectivity index (χ3n) is 2.56. The van der Waals surface area contributed by atoms with Gasteiger partial charge in [-0.3, -0.25) is 4.79 Å². The van der Waals surface area contributed by atoms with E-state index in [1.54, 1.807) is 0 Å². The normalized spacial score (nSPS) is 30.8. The van der Waals surface area contributed by atoms with E-state index >= 15 is 0 Å². The third-order valence-corrected chi connectivity index (χ3v) is 2.69. The van der Waals surface area contributed by atoms with E-state index in [0.29, 0.717) is 5.92 Å². The first-order valence-corrected chi connectivity index (χ1v) is 4.94. The molecule has 0 atom stereocenters. The van der Waals surface area contributed by atoms with Crippen molar-refractivity contribution in [1.82, 2.24) is 0 Å². The van der Waals surface area contributed by atoms with Crippen LogP contribution in [-0.4, -0.2) is 5.24 Å². The largest absolute Gasteiger partial charge is 0.276 e. The number of allylic oxidation sites excluding steroid dienone is 2. The molecule has 0 aliphatic heterocycles. The molecule has 0 N–H and O–H groups in total. The van der Waals surface area contributed by atoms with Gasteiger partial charge in [-0.1, -0.05) is 25.8 Å². The van der Waals surface area contributed by atoms with Gasteiger partial charge in [0.1, 0.15) is 0 Å². The highest BCUT2D eigenvalue weighted by Gasteiger charge is 2.15. The van der Waals surface area contributed by atoms with Crippen LogP contribution in [0, 0.1) is 11.8 Å². The van der Waals surface area contributed by atoms with Crippen molar-refractivity contribution in [3.05, 3.63) is 12.2 Å². The number of carbonyl (C=O) groups excluding carboxylic acids is 1. The Hall–Kier alpha value is -0.300. The van der Waals surface area contributed by atoms with Crippen LogP contribution in [0.2, 0.25) is 0 Å². The summed E-state index contributed by atoms with van der Waals surface area (Å²) in [4.78, 5) is 10.4. The van der Waals surface area contributed by atoms with Crippen molar-refractivity contribution >= 4 is 16.8 Å². The van der Waals surface area contributed by atoms with Crippen molar-refractivity contribution in [2.24, 2.45) is 11.8 Å². The third kappa shape index (κ3) is 3.40. The summed E-state index contributed by atoms with van der Waals surface area (Å²) >= 11 is 5.20. The summed E-state index contributed by atoms with van der Waals surface area (Å²) < 4.78 is 0. The van der Waals surface area contributed by atoms with Crippen LogP contribution < -0.4 is 0 Å². The standard InChI is InChI=1S/C10H15ClO/c1-8-2-4-9(5-3-8)6-7-10(11)12/h6-9H,2-5H2,1H3. The van der Waals surface area contributed by atoms with E-state index in [2.05, 4.69) is 6.92 Å². The molecule has 1 fully saturated rings. The molecule has 0 bridgehead atoms. The molecule has 2 heteroatoms. The van der Waals surface area contributed by atoms with Gasteiger partial charge >= 0.3 is 0 Å². The molecule has 0 spiro atoms. The van der Waals surface area contributed by atoms with Gasteiger partial charge in [-0.15, -0.1) is 0 Å². The van der Waals surface area contributed by atoms with Crippen LogP contribution in [0.4, 0.5) is 0 Å². The quantitative estimate of drug-likeness (QED) is 0.479. The van der Waals surface area contributed by atoms with Gasteiger partial charge in [0.25, 0.3) is 0 Å². The molecule has 0 aromatic rings. The van der Waals surface area contributed by atoms with E-state index in [-0.39, 0.29) is 5.24 Å². The van der Waals surface area contributed by atoms with Gasteiger partial charge in [-0.05, 0) is 42.4 Å². The van der Waals surface area contributed by atoms with Crippen molar-refractivity contribution in [3.63, 3.8) is 0 Å². The predicted molar refractivity (Wildman–Crippen MR) is 51.1 cm³/mol. The first-order valence-electron chi connectivity index (χ1n) is 4.56. The zero-order valence-electron chi connectivity index (χ0n) is 7.42. The van der Waals surface area contributed by atoms with Gasteiger partial charge in [0.15, 0.2) is 0 Å². The van der Waals surface area contributed by atoms with Gasteiger partial charge < -0.3 is 0 Å². The van der Waals surface area contributed by atoms with Crippen LogP contribution in [0.15, 0.2) is 12.2 Å². The first-order chi connectivity index (χ1) is 5.68. The van der Waals surface area contributed by atoms with E-state index in [0.717, 1.165) is 5.92 Å². The zero-order valence-corrected chi connectivity index (χ0v) is 8.18. The fourth-order valence-corrected chi connectivity index (χ4v) is 1.76. The molecule has 0 aromatic heterocycles. The Morgan fingerprint density at radius 1 is 1.33 bits per heavy atom. The van der Waals surface area contributed by atoms with E-state index in [9.17, 15) is 4.79 Å². The highest BCUT2D eigenvalue weighted by Crippen LogP contribution is 2.28. The van der Waals surface area contributed by atoms with Crippen molar-refractivity contribution < 1.29 is 4.79 Å². The molecule has 0 unspecified atom stereocenters. The Labute approximate surface area is 78.8 Å². The van der Waals surface area contributed by atoms with Gasteiger partial charge in [0.05, 0.1) is 0 Å². The second-order valence-electron chi connectivity index (χ2n) is 3.68. The minimum Gasteiger partial charge on any atom is -0.276 e. The van der Waals surface area contributed by atoms with Crippen LogP contribution in [0.1, 0.15) is 32.6 Å². The second kappa shape index (κ2) is 4.66. The molecular formula is C10H15ClO. The molecular weight excluding hydrogens is 172 g/mol. The minimum atomic E-state index is -0.353. The highest BCUT2D eigenvalue weighted by atomic mass is 35.5. The molecule has 68 valence electrons. The Balaban J connectivity index is 2.30. The number of hydrogen-bond donors (Lipinski definition) is 0. The van der Waals surface area contributed by atoms with Crippen LogP contribution in [0.3, 0.4) is 0 Å². The lowest BCUT2D eigenvalue weighted by molar-refractivity contribution is -0.107. The van der Waals surface area contributed by atoms with Crippen LogP contribution in [0.5, 0.6) is 0 Å². The molecule has 1 saturated carbocycles. The monoisotopic (exact) mass is 186 g/mol. The molecule has 1 aliphatic rings.